The number of amides is 1. The van der Waals surface area contributed by atoms with Gasteiger partial charge >= 0.3 is 6.09 Å². The summed E-state index contributed by atoms with van der Waals surface area (Å²) in [6, 6.07) is 8.15. The van der Waals surface area contributed by atoms with E-state index in [0.29, 0.717) is 12.3 Å². The van der Waals surface area contributed by atoms with Crippen molar-refractivity contribution in [2.45, 2.75) is 40.7 Å². The van der Waals surface area contributed by atoms with Crippen LogP contribution in [-0.4, -0.2) is 45.7 Å². The summed E-state index contributed by atoms with van der Waals surface area (Å²) in [5.74, 6) is 0.417. The number of aliphatic hydroxyl groups is 1. The zero-order chi connectivity index (χ0) is 21.8. The molecule has 0 saturated heterocycles. The number of hydrogen-bond donors (Lipinski definition) is 2. The highest BCUT2D eigenvalue weighted by Gasteiger charge is 2.16. The average Bonchev–Trinajstić information content (AvgIpc) is 3.01. The topological polar surface area (TPSA) is 79.1 Å². The number of pyridine rings is 1. The molecule has 7 heteroatoms. The van der Waals surface area contributed by atoms with Gasteiger partial charge in [-0.25, -0.2) is 9.78 Å². The van der Waals surface area contributed by atoms with Gasteiger partial charge in [0.25, 0.3) is 0 Å². The van der Waals surface area contributed by atoms with Crippen molar-refractivity contribution >= 4 is 17.4 Å². The third-order valence-corrected chi connectivity index (χ3v) is 5.47. The van der Waals surface area contributed by atoms with Gasteiger partial charge in [-0.15, -0.1) is 0 Å². The normalized spacial score (nSPS) is 11.0. The average molecular weight is 411 g/mol. The number of rotatable bonds is 7. The van der Waals surface area contributed by atoms with Crippen LogP contribution in [-0.2, 0) is 13.0 Å². The van der Waals surface area contributed by atoms with E-state index in [4.69, 9.17) is 14.8 Å². The van der Waals surface area contributed by atoms with Gasteiger partial charge in [-0.2, -0.15) is 0 Å². The quantitative estimate of drug-likeness (QED) is 0.618. The number of aromatic nitrogens is 2. The lowest BCUT2D eigenvalue weighted by molar-refractivity contribution is 0.150. The number of nitrogens with one attached hydrogen (secondary N) is 1. The monoisotopic (exact) mass is 410 g/mol. The van der Waals surface area contributed by atoms with Crippen molar-refractivity contribution in [1.82, 2.24) is 14.3 Å². The van der Waals surface area contributed by atoms with Gasteiger partial charge in [-0.05, 0) is 43.9 Å². The molecule has 0 fully saturated rings. The van der Waals surface area contributed by atoms with Gasteiger partial charge in [-0.3, -0.25) is 4.40 Å². The summed E-state index contributed by atoms with van der Waals surface area (Å²) >= 11 is 0. The van der Waals surface area contributed by atoms with E-state index in [1.54, 1.807) is 19.3 Å². The van der Waals surface area contributed by atoms with Crippen LogP contribution in [0.25, 0.3) is 5.65 Å². The van der Waals surface area contributed by atoms with Gasteiger partial charge < -0.3 is 20.1 Å². The van der Waals surface area contributed by atoms with Gasteiger partial charge in [0.1, 0.15) is 0 Å². The molecule has 0 spiro atoms. The lowest BCUT2D eigenvalue weighted by atomic mass is 10.00. The van der Waals surface area contributed by atoms with Crippen molar-refractivity contribution in [3.8, 4) is 5.75 Å². The first-order valence-electron chi connectivity index (χ1n) is 10.2. The summed E-state index contributed by atoms with van der Waals surface area (Å²) in [6.07, 6.45) is 2.21. The molecule has 3 rings (SSSR count). The Labute approximate surface area is 177 Å². The smallest absolute Gasteiger partial charge is 0.409 e. The van der Waals surface area contributed by atoms with Gasteiger partial charge in [0, 0.05) is 31.9 Å². The minimum absolute atomic E-state index is 0.118. The molecule has 2 N–H and O–H groups in total. The number of fused-ring (bicyclic) bond motifs is 1. The van der Waals surface area contributed by atoms with Crippen LogP contribution in [0.3, 0.4) is 0 Å². The molecule has 7 nitrogen and oxygen atoms in total. The number of imidazole rings is 1. The Morgan fingerprint density at radius 1 is 1.30 bits per heavy atom. The van der Waals surface area contributed by atoms with Gasteiger partial charge in [-0.1, -0.05) is 25.1 Å². The van der Waals surface area contributed by atoms with Crippen molar-refractivity contribution in [3.05, 3.63) is 58.5 Å². The van der Waals surface area contributed by atoms with E-state index in [1.165, 1.54) is 21.6 Å². The molecule has 3 aromatic rings. The number of carbonyl (C=O) groups is 1. The Morgan fingerprint density at radius 2 is 2.07 bits per heavy atom. The number of aliphatic hydroxyl groups excluding tert-OH is 1. The number of likely N-dealkylation sites (N-methyl/N-ethyl adjacent to an activating group) is 1. The van der Waals surface area contributed by atoms with Crippen molar-refractivity contribution in [1.29, 1.82) is 0 Å². The first-order valence-corrected chi connectivity index (χ1v) is 10.2. The zero-order valence-corrected chi connectivity index (χ0v) is 18.3. The van der Waals surface area contributed by atoms with E-state index in [2.05, 4.69) is 37.4 Å². The fraction of sp³-hybridized carbons (Fsp3) is 0.391. The molecule has 0 aliphatic heterocycles. The van der Waals surface area contributed by atoms with E-state index >= 15 is 0 Å². The standard InChI is InChI=1S/C23H30N4O3/c1-6-18-9-7-8-15(2)20(18)13-24-21-12-19(30-23(29)26(5)10-11-28)14-27-17(4)16(3)25-22(21)27/h7-9,12,14,24,28H,6,10-11,13H2,1-5H3. The van der Waals surface area contributed by atoms with E-state index in [0.717, 1.165) is 29.1 Å². The van der Waals surface area contributed by atoms with Crippen molar-refractivity contribution in [2.24, 2.45) is 0 Å². The van der Waals surface area contributed by atoms with Crippen LogP contribution >= 0.6 is 0 Å². The number of benzene rings is 1. The second-order valence-electron chi connectivity index (χ2n) is 7.50. The molecule has 0 aliphatic carbocycles. The molecule has 30 heavy (non-hydrogen) atoms. The maximum atomic E-state index is 12.3. The van der Waals surface area contributed by atoms with Crippen LogP contribution in [0.5, 0.6) is 5.75 Å². The van der Waals surface area contributed by atoms with Crippen LogP contribution in [0, 0.1) is 20.8 Å². The lowest BCUT2D eigenvalue weighted by Crippen LogP contribution is -2.32. The van der Waals surface area contributed by atoms with E-state index in [9.17, 15) is 4.79 Å². The molecular formula is C23H30N4O3. The summed E-state index contributed by atoms with van der Waals surface area (Å²) in [7, 11) is 1.59. The fourth-order valence-corrected chi connectivity index (χ4v) is 3.48. The molecule has 160 valence electrons. The SMILES string of the molecule is CCc1cccc(C)c1CNc1cc(OC(=O)N(C)CCO)cn2c(C)c(C)nc12. The highest BCUT2D eigenvalue weighted by molar-refractivity contribution is 5.74. The largest absolute Gasteiger partial charge is 0.415 e. The number of nitrogens with zero attached hydrogens (tertiary/aromatic N) is 3. The molecule has 0 aliphatic rings. The molecule has 2 heterocycles. The van der Waals surface area contributed by atoms with Crippen LogP contribution in [0.15, 0.2) is 30.5 Å². The Kier molecular flexibility index (Phi) is 6.62. The molecule has 1 amide bonds. The maximum absolute atomic E-state index is 12.3. The third kappa shape index (κ3) is 4.41. The fourth-order valence-electron chi connectivity index (χ4n) is 3.48. The minimum Gasteiger partial charge on any atom is -0.409 e. The lowest BCUT2D eigenvalue weighted by Gasteiger charge is -2.17. The summed E-state index contributed by atoms with van der Waals surface area (Å²) in [5.41, 5.74) is 7.31. The number of aryl methyl sites for hydroxylation is 4. The second-order valence-corrected chi connectivity index (χ2v) is 7.50. The van der Waals surface area contributed by atoms with Crippen molar-refractivity contribution < 1.29 is 14.6 Å². The minimum atomic E-state index is -0.518. The van der Waals surface area contributed by atoms with Crippen LogP contribution in [0.4, 0.5) is 10.5 Å². The molecule has 1 aromatic carbocycles. The van der Waals surface area contributed by atoms with E-state index in [1.807, 2.05) is 18.2 Å². The molecule has 0 unspecified atom stereocenters. The molecule has 0 atom stereocenters. The Morgan fingerprint density at radius 3 is 2.77 bits per heavy atom. The van der Waals surface area contributed by atoms with Crippen LogP contribution < -0.4 is 10.1 Å². The molecule has 0 bridgehead atoms. The van der Waals surface area contributed by atoms with Crippen LogP contribution in [0.2, 0.25) is 0 Å². The van der Waals surface area contributed by atoms with Crippen LogP contribution in [0.1, 0.15) is 35.0 Å². The Balaban J connectivity index is 1.95. The summed E-state index contributed by atoms with van der Waals surface area (Å²) in [5, 5.41) is 12.5. The Hall–Kier alpha value is -3.06. The molecular weight excluding hydrogens is 380 g/mol. The summed E-state index contributed by atoms with van der Waals surface area (Å²) < 4.78 is 7.49. The maximum Gasteiger partial charge on any atom is 0.415 e. The van der Waals surface area contributed by atoms with Crippen molar-refractivity contribution in [3.63, 3.8) is 0 Å². The van der Waals surface area contributed by atoms with Gasteiger partial charge in [0.05, 0.1) is 24.2 Å². The Bertz CT molecular complexity index is 1060. The summed E-state index contributed by atoms with van der Waals surface area (Å²) in [6.45, 7) is 8.96. The molecule has 2 aromatic heterocycles. The van der Waals surface area contributed by atoms with Gasteiger partial charge in [0.15, 0.2) is 11.4 Å². The predicted molar refractivity (Wildman–Crippen MR) is 118 cm³/mol. The van der Waals surface area contributed by atoms with Crippen molar-refractivity contribution in [2.75, 3.05) is 25.5 Å². The molecule has 0 saturated carbocycles. The van der Waals surface area contributed by atoms with E-state index in [-0.39, 0.29) is 13.2 Å². The number of anilines is 1. The molecule has 0 radical (unpaired) electrons. The predicted octanol–water partition coefficient (Wildman–Crippen LogP) is 3.86. The first-order chi connectivity index (χ1) is 14.3. The van der Waals surface area contributed by atoms with Gasteiger partial charge in [0.2, 0.25) is 0 Å². The second kappa shape index (κ2) is 9.17. The number of hydrogen-bond acceptors (Lipinski definition) is 5. The third-order valence-electron chi connectivity index (χ3n) is 5.47. The summed E-state index contributed by atoms with van der Waals surface area (Å²) in [4.78, 5) is 18.3. The zero-order valence-electron chi connectivity index (χ0n) is 18.3. The highest BCUT2D eigenvalue weighted by Crippen LogP contribution is 2.27. The highest BCUT2D eigenvalue weighted by atomic mass is 16.6. The first kappa shape index (κ1) is 21.6. The number of ether oxygens (including phenoxy) is 1. The number of carbonyl (C=O) groups excluding carboxylic acids is 1. The van der Waals surface area contributed by atoms with E-state index < -0.39 is 6.09 Å².